The maximum Gasteiger partial charge on any atom is -0.0386 e. The largest absolute Gasteiger partial charge is 0.0533 e. The third-order valence-electron chi connectivity index (χ3n) is 2.16. The molecule has 0 spiro atoms. The predicted molar refractivity (Wildman–Crippen MR) is 56.6 cm³/mol. The molecule has 0 aliphatic carbocycles. The van der Waals surface area contributed by atoms with Crippen LogP contribution < -0.4 is 0 Å². The number of unbranched alkanes of at least 4 members (excludes halogenated alkanes) is 9. The summed E-state index contributed by atoms with van der Waals surface area (Å²) >= 11 is 0. The molecule has 0 heteroatoms. The fraction of sp³-hybridized carbons (Fsp3) is 0.750. The summed E-state index contributed by atoms with van der Waals surface area (Å²) in [6.07, 6.45) is 14.0. The first-order chi connectivity index (χ1) is 5.91. The summed E-state index contributed by atoms with van der Waals surface area (Å²) in [6, 6.07) is 0. The van der Waals surface area contributed by atoms with Crippen LogP contribution in [0.15, 0.2) is 0 Å². The number of rotatable bonds is 9. The fourth-order valence-electron chi connectivity index (χ4n) is 1.35. The van der Waals surface area contributed by atoms with Crippen LogP contribution in [0, 0.1) is 20.3 Å². The van der Waals surface area contributed by atoms with E-state index in [0.29, 0.717) is 0 Å². The molecule has 0 nitrogen and oxygen atoms in total. The molecule has 0 aliphatic heterocycles. The van der Waals surface area contributed by atoms with Crippen LogP contribution in [-0.2, 0) is 0 Å². The van der Waals surface area contributed by atoms with Crippen molar-refractivity contribution in [1.29, 1.82) is 0 Å². The molecule has 0 N–H and O–H groups in total. The van der Waals surface area contributed by atoms with Crippen LogP contribution in [0.5, 0.6) is 0 Å². The van der Waals surface area contributed by atoms with Crippen molar-refractivity contribution >= 4 is 0 Å². The van der Waals surface area contributed by atoms with Crippen LogP contribution in [0.3, 0.4) is 0 Å². The standard InChI is InChI=1S/C12H23/c1-3-5-7-9-11-12-10-8-6-4-2/h3H,1-2,4-12H2. The van der Waals surface area contributed by atoms with E-state index in [2.05, 4.69) is 13.8 Å². The molecule has 0 amide bonds. The van der Waals surface area contributed by atoms with Crippen LogP contribution in [0.4, 0.5) is 0 Å². The van der Waals surface area contributed by atoms with Crippen LogP contribution in [0.1, 0.15) is 57.8 Å². The van der Waals surface area contributed by atoms with Gasteiger partial charge in [0.25, 0.3) is 0 Å². The van der Waals surface area contributed by atoms with E-state index >= 15 is 0 Å². The smallest absolute Gasteiger partial charge is 0.0386 e. The quantitative estimate of drug-likeness (QED) is 0.447. The van der Waals surface area contributed by atoms with Crippen molar-refractivity contribution in [2.45, 2.75) is 57.8 Å². The summed E-state index contributed by atoms with van der Waals surface area (Å²) in [6.45, 7) is 7.54. The summed E-state index contributed by atoms with van der Waals surface area (Å²) in [5.74, 6) is 0. The van der Waals surface area contributed by atoms with E-state index in [-0.39, 0.29) is 0 Å². The summed E-state index contributed by atoms with van der Waals surface area (Å²) in [7, 11) is 0. The second-order valence-electron chi connectivity index (χ2n) is 3.41. The van der Waals surface area contributed by atoms with Crippen molar-refractivity contribution in [3.63, 3.8) is 0 Å². The molecule has 0 aromatic heterocycles. The minimum absolute atomic E-state index is 1.11. The molecular formula is C12H23. The van der Waals surface area contributed by atoms with Gasteiger partial charge >= 0.3 is 0 Å². The maximum atomic E-state index is 3.83. The van der Waals surface area contributed by atoms with Gasteiger partial charge in [0.2, 0.25) is 0 Å². The highest BCUT2D eigenvalue weighted by Crippen LogP contribution is 2.09. The molecule has 0 fully saturated rings. The lowest BCUT2D eigenvalue weighted by molar-refractivity contribution is 0.581. The van der Waals surface area contributed by atoms with Gasteiger partial charge in [-0.25, -0.2) is 0 Å². The van der Waals surface area contributed by atoms with Crippen molar-refractivity contribution in [2.75, 3.05) is 0 Å². The molecule has 0 unspecified atom stereocenters. The van der Waals surface area contributed by atoms with E-state index in [1.54, 1.807) is 0 Å². The number of hydrogen-bond acceptors (Lipinski definition) is 0. The minimum Gasteiger partial charge on any atom is -0.0533 e. The van der Waals surface area contributed by atoms with E-state index in [1.807, 2.05) is 6.42 Å². The summed E-state index contributed by atoms with van der Waals surface area (Å²) in [5.41, 5.74) is 0. The van der Waals surface area contributed by atoms with E-state index in [0.717, 1.165) is 6.42 Å². The van der Waals surface area contributed by atoms with Crippen LogP contribution in [0.2, 0.25) is 0 Å². The number of hydrogen-bond donors (Lipinski definition) is 0. The second-order valence-corrected chi connectivity index (χ2v) is 3.41. The molecule has 0 saturated heterocycles. The Morgan fingerprint density at radius 2 is 1.25 bits per heavy atom. The molecule has 0 atom stereocenters. The van der Waals surface area contributed by atoms with Crippen LogP contribution >= 0.6 is 0 Å². The molecule has 0 aromatic rings. The Kier molecular flexibility index (Phi) is 11.0. The first-order valence-corrected chi connectivity index (χ1v) is 5.32. The lowest BCUT2D eigenvalue weighted by Gasteiger charge is -1.99. The van der Waals surface area contributed by atoms with E-state index in [9.17, 15) is 0 Å². The lowest BCUT2D eigenvalue weighted by atomic mass is 10.1. The van der Waals surface area contributed by atoms with Gasteiger partial charge in [0.1, 0.15) is 0 Å². The zero-order valence-electron chi connectivity index (χ0n) is 8.36. The van der Waals surface area contributed by atoms with Gasteiger partial charge in [-0.15, -0.1) is 0 Å². The monoisotopic (exact) mass is 167 g/mol. The zero-order valence-corrected chi connectivity index (χ0v) is 8.36. The molecule has 0 aliphatic rings. The summed E-state index contributed by atoms with van der Waals surface area (Å²) in [5, 5.41) is 0. The Balaban J connectivity index is 2.73. The SMILES string of the molecule is [CH2][CH]CCCCCCCCC[CH2]. The Labute approximate surface area is 78.8 Å². The van der Waals surface area contributed by atoms with Gasteiger partial charge in [0.05, 0.1) is 0 Å². The zero-order chi connectivity index (χ0) is 9.07. The van der Waals surface area contributed by atoms with Gasteiger partial charge in [-0.2, -0.15) is 0 Å². The topological polar surface area (TPSA) is 0 Å². The Morgan fingerprint density at radius 1 is 0.750 bits per heavy atom. The Morgan fingerprint density at radius 3 is 1.75 bits per heavy atom. The van der Waals surface area contributed by atoms with Crippen molar-refractivity contribution in [1.82, 2.24) is 0 Å². The molecule has 3 radical (unpaired) electrons. The average Bonchev–Trinajstić information content (AvgIpc) is 2.10. The summed E-state index contributed by atoms with van der Waals surface area (Å²) < 4.78 is 0. The Hall–Kier alpha value is 0. The third-order valence-corrected chi connectivity index (χ3v) is 2.16. The average molecular weight is 167 g/mol. The van der Waals surface area contributed by atoms with Gasteiger partial charge < -0.3 is 0 Å². The molecule has 0 bridgehead atoms. The molecule has 0 heterocycles. The molecule has 12 heavy (non-hydrogen) atoms. The van der Waals surface area contributed by atoms with Crippen molar-refractivity contribution in [3.8, 4) is 0 Å². The second kappa shape index (κ2) is 11.0. The first kappa shape index (κ1) is 12.0. The van der Waals surface area contributed by atoms with Gasteiger partial charge in [0.15, 0.2) is 0 Å². The van der Waals surface area contributed by atoms with Crippen molar-refractivity contribution < 1.29 is 0 Å². The summed E-state index contributed by atoms with van der Waals surface area (Å²) in [4.78, 5) is 0. The van der Waals surface area contributed by atoms with Gasteiger partial charge in [-0.05, 0) is 13.3 Å². The third kappa shape index (κ3) is 10.0. The first-order valence-electron chi connectivity index (χ1n) is 5.32. The maximum absolute atomic E-state index is 3.83. The van der Waals surface area contributed by atoms with Crippen LogP contribution in [-0.4, -0.2) is 0 Å². The van der Waals surface area contributed by atoms with Gasteiger partial charge in [-0.3, -0.25) is 0 Å². The molecular weight excluding hydrogens is 144 g/mol. The lowest BCUT2D eigenvalue weighted by Crippen LogP contribution is -1.80. The van der Waals surface area contributed by atoms with Gasteiger partial charge in [-0.1, -0.05) is 64.7 Å². The normalized spacial score (nSPS) is 10.5. The highest BCUT2D eigenvalue weighted by atomic mass is 14.0. The molecule has 71 valence electrons. The van der Waals surface area contributed by atoms with Gasteiger partial charge in [0, 0.05) is 0 Å². The highest BCUT2D eigenvalue weighted by molar-refractivity contribution is 4.65. The van der Waals surface area contributed by atoms with E-state index in [1.165, 1.54) is 51.4 Å². The molecule has 0 rings (SSSR count). The Bertz CT molecular complexity index is 56.4. The predicted octanol–water partition coefficient (Wildman–Crippen LogP) is 4.37. The van der Waals surface area contributed by atoms with E-state index < -0.39 is 0 Å². The fourth-order valence-corrected chi connectivity index (χ4v) is 1.35. The molecule has 0 aromatic carbocycles. The van der Waals surface area contributed by atoms with Crippen molar-refractivity contribution in [2.24, 2.45) is 0 Å². The minimum atomic E-state index is 1.11. The highest BCUT2D eigenvalue weighted by Gasteiger charge is 1.90. The van der Waals surface area contributed by atoms with Crippen LogP contribution in [0.25, 0.3) is 0 Å². The molecule has 0 saturated carbocycles. The van der Waals surface area contributed by atoms with E-state index in [4.69, 9.17) is 0 Å². The van der Waals surface area contributed by atoms with Crippen molar-refractivity contribution in [3.05, 3.63) is 20.3 Å².